The summed E-state index contributed by atoms with van der Waals surface area (Å²) in [5.41, 5.74) is 14.5. The van der Waals surface area contributed by atoms with Crippen LogP contribution in [0.1, 0.15) is 46.5 Å². The van der Waals surface area contributed by atoms with E-state index in [1.165, 1.54) is 29.1 Å². The minimum Gasteiger partial charge on any atom is -0.497 e. The quantitative estimate of drug-likeness (QED) is 0.238. The summed E-state index contributed by atoms with van der Waals surface area (Å²) >= 11 is 0. The number of methoxy groups -OCH3 is 1. The summed E-state index contributed by atoms with van der Waals surface area (Å²) in [6.07, 6.45) is 2.01. The van der Waals surface area contributed by atoms with Crippen LogP contribution in [0.15, 0.2) is 83.4 Å². The molecule has 6 rings (SSSR count). The molecule has 0 atom stereocenters. The maximum Gasteiger partial charge on any atom is 0.265 e. The van der Waals surface area contributed by atoms with Crippen molar-refractivity contribution in [1.82, 2.24) is 9.55 Å². The van der Waals surface area contributed by atoms with Gasteiger partial charge in [0.15, 0.2) is 0 Å². The van der Waals surface area contributed by atoms with E-state index in [0.717, 1.165) is 50.3 Å². The van der Waals surface area contributed by atoms with Crippen LogP contribution in [-0.4, -0.2) is 22.6 Å². The van der Waals surface area contributed by atoms with Crippen molar-refractivity contribution in [3.63, 3.8) is 0 Å². The van der Waals surface area contributed by atoms with E-state index >= 15 is 0 Å². The summed E-state index contributed by atoms with van der Waals surface area (Å²) in [7, 11) is 1.61. The summed E-state index contributed by atoms with van der Waals surface area (Å²) in [5, 5.41) is 0.323. The Morgan fingerprint density at radius 1 is 1.02 bits per heavy atom. The number of ether oxygens (including phenoxy) is 2. The SMILES string of the molecule is COc1ccc(COc2cc(-c3cccc(-n4cnc5cc(F)ccc5c4=O)c3C)c3c(c2C(N)=O)CC(C)=C3C)cc1. The summed E-state index contributed by atoms with van der Waals surface area (Å²) in [6.45, 7) is 6.27. The smallest absolute Gasteiger partial charge is 0.265 e. The molecule has 43 heavy (non-hydrogen) atoms. The standard InChI is InChI=1S/C35H30FN3O4/c1-19-14-28-32(20(19)2)27(16-31(33(28)34(37)40)43-17-22-8-11-24(42-4)12-9-22)25-6-5-7-30(21(25)3)39-18-38-29-15-23(36)10-13-26(29)35(39)41/h5-13,15-16,18H,14,17H2,1-4H3,(H2,37,40). The van der Waals surface area contributed by atoms with Crippen molar-refractivity contribution in [2.45, 2.75) is 33.8 Å². The number of carbonyl (C=O) groups is 1. The van der Waals surface area contributed by atoms with Crippen molar-refractivity contribution < 1.29 is 18.7 Å². The lowest BCUT2D eigenvalue weighted by Gasteiger charge is -2.21. The summed E-state index contributed by atoms with van der Waals surface area (Å²) in [4.78, 5) is 30.7. The summed E-state index contributed by atoms with van der Waals surface area (Å²) in [6, 6.07) is 19.1. The van der Waals surface area contributed by atoms with Crippen LogP contribution in [0.5, 0.6) is 11.5 Å². The van der Waals surface area contributed by atoms with Gasteiger partial charge in [-0.1, -0.05) is 29.8 Å². The Labute approximate surface area is 248 Å². The molecular weight excluding hydrogens is 545 g/mol. The predicted octanol–water partition coefficient (Wildman–Crippen LogP) is 6.54. The van der Waals surface area contributed by atoms with E-state index in [1.807, 2.05) is 69.3 Å². The Kier molecular flexibility index (Phi) is 7.05. The van der Waals surface area contributed by atoms with Gasteiger partial charge >= 0.3 is 0 Å². The van der Waals surface area contributed by atoms with Gasteiger partial charge in [-0.25, -0.2) is 9.37 Å². The van der Waals surface area contributed by atoms with E-state index in [2.05, 4.69) is 4.98 Å². The van der Waals surface area contributed by atoms with Crippen LogP contribution < -0.4 is 20.8 Å². The molecule has 8 heteroatoms. The second-order valence-electron chi connectivity index (χ2n) is 10.8. The van der Waals surface area contributed by atoms with E-state index < -0.39 is 11.7 Å². The van der Waals surface area contributed by atoms with Gasteiger partial charge in [0.25, 0.3) is 11.5 Å². The van der Waals surface area contributed by atoms with E-state index in [4.69, 9.17) is 15.2 Å². The largest absolute Gasteiger partial charge is 0.497 e. The second-order valence-corrected chi connectivity index (χ2v) is 10.8. The number of primary amides is 1. The number of benzene rings is 4. The first-order chi connectivity index (χ1) is 20.7. The van der Waals surface area contributed by atoms with Crippen LogP contribution >= 0.6 is 0 Å². The van der Waals surface area contributed by atoms with Crippen LogP contribution in [0.4, 0.5) is 4.39 Å². The van der Waals surface area contributed by atoms with Gasteiger partial charge in [-0.15, -0.1) is 0 Å². The molecule has 1 heterocycles. The van der Waals surface area contributed by atoms with E-state index in [1.54, 1.807) is 7.11 Å². The molecule has 1 amide bonds. The maximum atomic E-state index is 13.8. The van der Waals surface area contributed by atoms with Gasteiger partial charge in [0.1, 0.15) is 30.3 Å². The maximum absolute atomic E-state index is 13.8. The van der Waals surface area contributed by atoms with Crippen LogP contribution in [-0.2, 0) is 13.0 Å². The fourth-order valence-electron chi connectivity index (χ4n) is 5.85. The summed E-state index contributed by atoms with van der Waals surface area (Å²) in [5.74, 6) is 0.135. The highest BCUT2D eigenvalue weighted by Crippen LogP contribution is 2.46. The number of fused-ring (bicyclic) bond motifs is 2. The topological polar surface area (TPSA) is 96.4 Å². The van der Waals surface area contributed by atoms with Crippen molar-refractivity contribution >= 4 is 22.4 Å². The van der Waals surface area contributed by atoms with Gasteiger partial charge in [0.05, 0.1) is 29.3 Å². The average molecular weight is 576 g/mol. The van der Waals surface area contributed by atoms with Crippen LogP contribution in [0.3, 0.4) is 0 Å². The van der Waals surface area contributed by atoms with Crippen molar-refractivity contribution in [2.75, 3.05) is 7.11 Å². The molecule has 1 aromatic heterocycles. The molecule has 7 nitrogen and oxygen atoms in total. The van der Waals surface area contributed by atoms with Gasteiger partial charge in [-0.2, -0.15) is 0 Å². The minimum atomic E-state index is -0.550. The molecule has 0 fully saturated rings. The van der Waals surface area contributed by atoms with Crippen LogP contribution in [0.25, 0.3) is 33.3 Å². The summed E-state index contributed by atoms with van der Waals surface area (Å²) < 4.78 is 26.8. The molecule has 0 unspecified atom stereocenters. The molecule has 1 aliphatic carbocycles. The molecule has 2 N–H and O–H groups in total. The van der Waals surface area contributed by atoms with E-state index in [-0.39, 0.29) is 12.2 Å². The Hall–Kier alpha value is -5.24. The normalized spacial score (nSPS) is 12.5. The Balaban J connectivity index is 1.51. The average Bonchev–Trinajstić information content (AvgIpc) is 3.29. The number of allylic oxidation sites excluding steroid dienone is 2. The zero-order chi connectivity index (χ0) is 30.4. The lowest BCUT2D eigenvalue weighted by Crippen LogP contribution is -2.20. The predicted molar refractivity (Wildman–Crippen MR) is 165 cm³/mol. The lowest BCUT2D eigenvalue weighted by atomic mass is 9.88. The molecule has 4 aromatic carbocycles. The number of aromatic nitrogens is 2. The number of halogens is 1. The fourth-order valence-corrected chi connectivity index (χ4v) is 5.85. The Bertz CT molecular complexity index is 2030. The lowest BCUT2D eigenvalue weighted by molar-refractivity contribution is 0.0995. The van der Waals surface area contributed by atoms with E-state index in [9.17, 15) is 14.0 Å². The highest BCUT2D eigenvalue weighted by Gasteiger charge is 2.29. The molecule has 1 aliphatic rings. The highest BCUT2D eigenvalue weighted by molar-refractivity contribution is 6.03. The first-order valence-electron chi connectivity index (χ1n) is 13.9. The number of nitrogens with two attached hydrogens (primary N) is 1. The van der Waals surface area contributed by atoms with Gasteiger partial charge in [0.2, 0.25) is 0 Å². The van der Waals surface area contributed by atoms with Crippen molar-refractivity contribution in [2.24, 2.45) is 5.73 Å². The molecule has 5 aromatic rings. The van der Waals surface area contributed by atoms with Gasteiger partial charge < -0.3 is 15.2 Å². The fraction of sp³-hybridized carbons (Fsp3) is 0.171. The zero-order valence-electron chi connectivity index (χ0n) is 24.3. The molecular formula is C35H30FN3O4. The molecule has 0 radical (unpaired) electrons. The highest BCUT2D eigenvalue weighted by atomic mass is 19.1. The first-order valence-corrected chi connectivity index (χ1v) is 13.9. The number of amides is 1. The molecule has 0 aliphatic heterocycles. The molecule has 216 valence electrons. The third kappa shape index (κ3) is 4.84. The minimum absolute atomic E-state index is 0.228. The number of carbonyl (C=O) groups excluding carboxylic acids is 1. The van der Waals surface area contributed by atoms with Gasteiger partial charge in [0, 0.05) is 6.07 Å². The van der Waals surface area contributed by atoms with E-state index in [0.29, 0.717) is 34.3 Å². The number of nitrogens with zero attached hydrogens (tertiary/aromatic N) is 2. The van der Waals surface area contributed by atoms with Crippen LogP contribution in [0.2, 0.25) is 0 Å². The first kappa shape index (κ1) is 27.9. The monoisotopic (exact) mass is 575 g/mol. The number of rotatable bonds is 7. The van der Waals surface area contributed by atoms with Crippen molar-refractivity contribution in [3.8, 4) is 28.3 Å². The molecule has 0 saturated carbocycles. The molecule has 0 bridgehead atoms. The molecule has 0 spiro atoms. The van der Waals surface area contributed by atoms with Gasteiger partial charge in [-0.3, -0.25) is 14.2 Å². The molecule has 0 saturated heterocycles. The van der Waals surface area contributed by atoms with Crippen molar-refractivity contribution in [1.29, 1.82) is 0 Å². The van der Waals surface area contributed by atoms with Gasteiger partial charge in [-0.05, 0) is 103 Å². The van der Waals surface area contributed by atoms with Crippen molar-refractivity contribution in [3.05, 3.63) is 123 Å². The number of hydrogen-bond donors (Lipinski definition) is 1. The number of hydrogen-bond acceptors (Lipinski definition) is 5. The third-order valence-electron chi connectivity index (χ3n) is 8.23. The third-order valence-corrected chi connectivity index (χ3v) is 8.23. The Morgan fingerprint density at radius 2 is 1.79 bits per heavy atom. The Morgan fingerprint density at radius 3 is 2.51 bits per heavy atom. The zero-order valence-corrected chi connectivity index (χ0v) is 24.3. The van der Waals surface area contributed by atoms with Crippen LogP contribution in [0, 0.1) is 12.7 Å². The second kappa shape index (κ2) is 10.9.